The lowest BCUT2D eigenvalue weighted by molar-refractivity contribution is -0.135. The molecule has 1 aliphatic carbocycles. The number of amides is 1. The van der Waals surface area contributed by atoms with Gasteiger partial charge in [0.05, 0.1) is 12.2 Å². The molecule has 2 aliphatic rings. The smallest absolute Gasteiger partial charge is 0.226 e. The zero-order chi connectivity index (χ0) is 17.4. The largest absolute Gasteiger partial charge is 0.464 e. The molecule has 0 unspecified atom stereocenters. The van der Waals surface area contributed by atoms with E-state index < -0.39 is 0 Å². The standard InChI is InChI=1S/C20H27N3O2/c1-3-15-8-9-19(25-15)18-7-5-4-6-10-23(18)20(24)17-11-16(17)14-12-21-22(2)13-14/h8-9,12-13,16-18H,3-7,10-11H2,1-2H3/t16-,17-,18-/m0/s1. The average molecular weight is 341 g/mol. The van der Waals surface area contributed by atoms with Gasteiger partial charge in [0.25, 0.3) is 0 Å². The van der Waals surface area contributed by atoms with Crippen LogP contribution in [-0.2, 0) is 18.3 Å². The van der Waals surface area contributed by atoms with E-state index in [1.165, 1.54) is 12.0 Å². The molecule has 5 heteroatoms. The third-order valence-corrected chi connectivity index (χ3v) is 5.66. The molecule has 1 aliphatic heterocycles. The molecule has 0 aromatic carbocycles. The van der Waals surface area contributed by atoms with Crippen molar-refractivity contribution < 1.29 is 9.21 Å². The second-order valence-corrected chi connectivity index (χ2v) is 7.45. The van der Waals surface area contributed by atoms with E-state index in [0.717, 1.165) is 50.2 Å². The third-order valence-electron chi connectivity index (χ3n) is 5.66. The van der Waals surface area contributed by atoms with Gasteiger partial charge in [0, 0.05) is 32.1 Å². The maximum absolute atomic E-state index is 13.2. The predicted octanol–water partition coefficient (Wildman–Crippen LogP) is 3.82. The van der Waals surface area contributed by atoms with E-state index >= 15 is 0 Å². The van der Waals surface area contributed by atoms with Gasteiger partial charge in [-0.05, 0) is 42.9 Å². The van der Waals surface area contributed by atoms with E-state index in [9.17, 15) is 4.79 Å². The van der Waals surface area contributed by atoms with E-state index in [0.29, 0.717) is 11.8 Å². The molecule has 2 fully saturated rings. The monoisotopic (exact) mass is 341 g/mol. The molecule has 2 aromatic rings. The minimum Gasteiger partial charge on any atom is -0.464 e. The highest BCUT2D eigenvalue weighted by Crippen LogP contribution is 2.49. The zero-order valence-electron chi connectivity index (χ0n) is 15.1. The van der Waals surface area contributed by atoms with Crippen LogP contribution in [0.3, 0.4) is 0 Å². The molecule has 25 heavy (non-hydrogen) atoms. The van der Waals surface area contributed by atoms with Gasteiger partial charge >= 0.3 is 0 Å². The highest BCUT2D eigenvalue weighted by Gasteiger charge is 2.47. The van der Waals surface area contributed by atoms with Crippen LogP contribution in [0, 0.1) is 5.92 Å². The fraction of sp³-hybridized carbons (Fsp3) is 0.600. The quantitative estimate of drug-likeness (QED) is 0.849. The Morgan fingerprint density at radius 1 is 1.32 bits per heavy atom. The molecule has 1 saturated carbocycles. The Bertz CT molecular complexity index is 748. The molecule has 1 amide bonds. The van der Waals surface area contributed by atoms with Crippen LogP contribution < -0.4 is 0 Å². The van der Waals surface area contributed by atoms with Gasteiger partial charge in [-0.15, -0.1) is 0 Å². The number of hydrogen-bond donors (Lipinski definition) is 0. The van der Waals surface area contributed by atoms with Crippen molar-refractivity contribution in [1.82, 2.24) is 14.7 Å². The van der Waals surface area contributed by atoms with Crippen molar-refractivity contribution in [2.45, 2.75) is 57.4 Å². The fourth-order valence-corrected chi connectivity index (χ4v) is 4.11. The number of carbonyl (C=O) groups is 1. The summed E-state index contributed by atoms with van der Waals surface area (Å²) in [4.78, 5) is 15.3. The summed E-state index contributed by atoms with van der Waals surface area (Å²) in [5.74, 6) is 2.73. The van der Waals surface area contributed by atoms with Gasteiger partial charge in [-0.3, -0.25) is 9.48 Å². The van der Waals surface area contributed by atoms with E-state index in [2.05, 4.69) is 29.1 Å². The van der Waals surface area contributed by atoms with E-state index in [1.54, 1.807) is 0 Å². The molecular weight excluding hydrogens is 314 g/mol. The van der Waals surface area contributed by atoms with Crippen LogP contribution in [0.1, 0.15) is 68.1 Å². The highest BCUT2D eigenvalue weighted by molar-refractivity contribution is 5.83. The summed E-state index contributed by atoms with van der Waals surface area (Å²) >= 11 is 0. The van der Waals surface area contributed by atoms with Crippen LogP contribution in [0.25, 0.3) is 0 Å². The van der Waals surface area contributed by atoms with Gasteiger partial charge in [0.1, 0.15) is 11.5 Å². The summed E-state index contributed by atoms with van der Waals surface area (Å²) in [6.45, 7) is 2.95. The summed E-state index contributed by atoms with van der Waals surface area (Å²) in [5, 5.41) is 4.25. The minimum absolute atomic E-state index is 0.102. The summed E-state index contributed by atoms with van der Waals surface area (Å²) in [6.07, 6.45) is 10.2. The van der Waals surface area contributed by atoms with Gasteiger partial charge < -0.3 is 9.32 Å². The Labute approximate surface area is 149 Å². The highest BCUT2D eigenvalue weighted by atomic mass is 16.3. The lowest BCUT2D eigenvalue weighted by Crippen LogP contribution is -2.36. The van der Waals surface area contributed by atoms with Crippen LogP contribution >= 0.6 is 0 Å². The Morgan fingerprint density at radius 2 is 2.20 bits per heavy atom. The zero-order valence-corrected chi connectivity index (χ0v) is 15.1. The van der Waals surface area contributed by atoms with Gasteiger partial charge in [0.2, 0.25) is 5.91 Å². The predicted molar refractivity (Wildman–Crippen MR) is 95.1 cm³/mol. The number of nitrogens with zero attached hydrogens (tertiary/aromatic N) is 3. The molecule has 3 atom stereocenters. The molecule has 0 N–H and O–H groups in total. The Hall–Kier alpha value is -2.04. The third kappa shape index (κ3) is 3.24. The lowest BCUT2D eigenvalue weighted by atomic mass is 10.1. The first kappa shape index (κ1) is 16.4. The number of furan rings is 1. The topological polar surface area (TPSA) is 51.3 Å². The fourth-order valence-electron chi connectivity index (χ4n) is 4.11. The molecule has 1 saturated heterocycles. The van der Waals surface area contributed by atoms with Crippen molar-refractivity contribution in [3.63, 3.8) is 0 Å². The summed E-state index contributed by atoms with van der Waals surface area (Å²) in [7, 11) is 1.93. The molecule has 3 heterocycles. The van der Waals surface area contributed by atoms with Crippen LogP contribution in [-0.4, -0.2) is 27.1 Å². The average Bonchev–Trinajstić information content (AvgIpc) is 3.18. The molecule has 0 radical (unpaired) electrons. The van der Waals surface area contributed by atoms with Crippen LogP contribution in [0.15, 0.2) is 28.9 Å². The SMILES string of the molecule is CCc1ccc([C@@H]2CCCCCN2C(=O)[C@H]2C[C@H]2c2cnn(C)c2)o1. The maximum atomic E-state index is 13.2. The minimum atomic E-state index is 0.102. The molecule has 5 nitrogen and oxygen atoms in total. The first-order valence-electron chi connectivity index (χ1n) is 9.55. The lowest BCUT2D eigenvalue weighted by Gasteiger charge is -2.29. The molecular formula is C20H27N3O2. The molecule has 2 aromatic heterocycles. The van der Waals surface area contributed by atoms with Crippen molar-refractivity contribution in [1.29, 1.82) is 0 Å². The number of hydrogen-bond acceptors (Lipinski definition) is 3. The summed E-state index contributed by atoms with van der Waals surface area (Å²) in [5.41, 5.74) is 1.19. The van der Waals surface area contributed by atoms with Crippen LogP contribution in [0.2, 0.25) is 0 Å². The van der Waals surface area contributed by atoms with Crippen LogP contribution in [0.5, 0.6) is 0 Å². The maximum Gasteiger partial charge on any atom is 0.226 e. The van der Waals surface area contributed by atoms with E-state index in [4.69, 9.17) is 4.42 Å². The van der Waals surface area contributed by atoms with E-state index in [-0.39, 0.29) is 12.0 Å². The number of carbonyl (C=O) groups excluding carboxylic acids is 1. The Morgan fingerprint density at radius 3 is 2.92 bits per heavy atom. The van der Waals surface area contributed by atoms with E-state index in [1.807, 2.05) is 24.1 Å². The Balaban J connectivity index is 1.52. The molecule has 4 rings (SSSR count). The van der Waals surface area contributed by atoms with Gasteiger partial charge in [-0.1, -0.05) is 19.8 Å². The van der Waals surface area contributed by atoms with Crippen LogP contribution in [0.4, 0.5) is 0 Å². The summed E-state index contributed by atoms with van der Waals surface area (Å²) < 4.78 is 7.83. The second-order valence-electron chi connectivity index (χ2n) is 7.45. The number of rotatable bonds is 4. The van der Waals surface area contributed by atoms with Gasteiger partial charge in [-0.25, -0.2) is 0 Å². The second kappa shape index (κ2) is 6.70. The van der Waals surface area contributed by atoms with Gasteiger partial charge in [0.15, 0.2) is 0 Å². The number of aromatic nitrogens is 2. The Kier molecular flexibility index (Phi) is 4.40. The van der Waals surface area contributed by atoms with Crippen molar-refractivity contribution in [3.8, 4) is 0 Å². The molecule has 134 valence electrons. The van der Waals surface area contributed by atoms with Gasteiger partial charge in [-0.2, -0.15) is 5.10 Å². The molecule has 0 spiro atoms. The van der Waals surface area contributed by atoms with Crippen molar-refractivity contribution in [3.05, 3.63) is 41.6 Å². The first-order valence-corrected chi connectivity index (χ1v) is 9.55. The van der Waals surface area contributed by atoms with Crippen molar-refractivity contribution in [2.75, 3.05) is 6.54 Å². The number of aryl methyl sites for hydroxylation is 2. The first-order chi connectivity index (χ1) is 12.2. The normalized spacial score (nSPS) is 26.5. The number of likely N-dealkylation sites (tertiary alicyclic amines) is 1. The summed E-state index contributed by atoms with van der Waals surface area (Å²) in [6, 6.07) is 4.23. The van der Waals surface area contributed by atoms with Crippen molar-refractivity contribution >= 4 is 5.91 Å². The molecule has 0 bridgehead atoms. The van der Waals surface area contributed by atoms with Crippen molar-refractivity contribution in [2.24, 2.45) is 13.0 Å².